The van der Waals surface area contributed by atoms with Crippen molar-refractivity contribution in [3.8, 4) is 11.5 Å². The lowest BCUT2D eigenvalue weighted by Gasteiger charge is -2.21. The smallest absolute Gasteiger partial charge is 0.445 e. The molecule has 0 unspecified atom stereocenters. The second kappa shape index (κ2) is 9.90. The van der Waals surface area contributed by atoms with E-state index in [0.717, 1.165) is 0 Å². The summed E-state index contributed by atoms with van der Waals surface area (Å²) in [5, 5.41) is 9.27. The van der Waals surface area contributed by atoms with Crippen LogP contribution in [0.3, 0.4) is 0 Å². The minimum absolute atomic E-state index is 0.0853. The van der Waals surface area contributed by atoms with Crippen molar-refractivity contribution in [2.24, 2.45) is 5.41 Å². The van der Waals surface area contributed by atoms with E-state index in [1.54, 1.807) is 41.3 Å². The number of amides is 1. The number of nitrogens with one attached hydrogen (secondary N) is 1. The number of ether oxygens (including phenoxy) is 2. The Kier molecular flexibility index (Phi) is 7.05. The van der Waals surface area contributed by atoms with Crippen molar-refractivity contribution in [2.75, 3.05) is 19.0 Å². The van der Waals surface area contributed by atoms with E-state index in [1.807, 2.05) is 12.1 Å². The molecule has 13 heteroatoms. The Morgan fingerprint density at radius 2 is 1.97 bits per heavy atom. The summed E-state index contributed by atoms with van der Waals surface area (Å²) in [5.74, 6) is 0.439. The lowest BCUT2D eigenvalue weighted by atomic mass is 9.98. The van der Waals surface area contributed by atoms with Gasteiger partial charge in [0.25, 0.3) is 5.91 Å². The summed E-state index contributed by atoms with van der Waals surface area (Å²) in [5.41, 5.74) is 1.09. The van der Waals surface area contributed by atoms with Gasteiger partial charge in [-0.05, 0) is 23.6 Å². The molecule has 0 bridgehead atoms. The number of hydrogen-bond donors (Lipinski definition) is 1. The van der Waals surface area contributed by atoms with Crippen LogP contribution in [0.5, 0.6) is 11.5 Å². The Hall–Kier alpha value is -3.45. The SMILES string of the molecule is COc1cccc(C=Cc2nc3sccn3c2C(=O)Nc2nnc(C(F)(F)F)s2)c1OCC(C)(C)C. The molecule has 190 valence electrons. The molecule has 3 heterocycles. The summed E-state index contributed by atoms with van der Waals surface area (Å²) in [7, 11) is 1.55. The highest BCUT2D eigenvalue weighted by Crippen LogP contribution is 2.35. The number of para-hydroxylation sites is 1. The van der Waals surface area contributed by atoms with Crippen LogP contribution in [0.1, 0.15) is 47.5 Å². The van der Waals surface area contributed by atoms with Gasteiger partial charge < -0.3 is 9.47 Å². The summed E-state index contributed by atoms with van der Waals surface area (Å²) in [6, 6.07) is 5.45. The Morgan fingerprint density at radius 3 is 2.64 bits per heavy atom. The number of nitrogens with zero attached hydrogens (tertiary/aromatic N) is 4. The van der Waals surface area contributed by atoms with Crippen LogP contribution < -0.4 is 14.8 Å². The quantitative estimate of drug-likeness (QED) is 0.305. The average molecular weight is 538 g/mol. The van der Waals surface area contributed by atoms with E-state index in [-0.39, 0.29) is 27.6 Å². The monoisotopic (exact) mass is 537 g/mol. The van der Waals surface area contributed by atoms with E-state index in [9.17, 15) is 18.0 Å². The predicted molar refractivity (Wildman–Crippen MR) is 133 cm³/mol. The molecular formula is C23H22F3N5O3S2. The Labute approximate surface area is 212 Å². The van der Waals surface area contributed by atoms with Gasteiger partial charge in [-0.15, -0.1) is 21.5 Å². The third-order valence-electron chi connectivity index (χ3n) is 4.69. The van der Waals surface area contributed by atoms with Gasteiger partial charge in [-0.2, -0.15) is 13.2 Å². The van der Waals surface area contributed by atoms with Crippen LogP contribution in [0.25, 0.3) is 17.1 Å². The molecule has 0 aliphatic heterocycles. The molecule has 8 nitrogen and oxygen atoms in total. The summed E-state index contributed by atoms with van der Waals surface area (Å²) in [4.78, 5) is 18.1. The molecule has 0 saturated heterocycles. The molecule has 3 aromatic heterocycles. The van der Waals surface area contributed by atoms with E-state index in [1.165, 1.54) is 11.3 Å². The largest absolute Gasteiger partial charge is 0.493 e. The number of aromatic nitrogens is 4. The summed E-state index contributed by atoms with van der Waals surface area (Å²) >= 11 is 1.56. The maximum atomic E-state index is 13.1. The van der Waals surface area contributed by atoms with Crippen molar-refractivity contribution < 1.29 is 27.4 Å². The normalized spacial score (nSPS) is 12.4. The van der Waals surface area contributed by atoms with Crippen molar-refractivity contribution in [3.63, 3.8) is 0 Å². The summed E-state index contributed by atoms with van der Waals surface area (Å²) < 4.78 is 51.7. The zero-order chi connectivity index (χ0) is 26.1. The zero-order valence-corrected chi connectivity index (χ0v) is 21.3. The number of imidazole rings is 1. The zero-order valence-electron chi connectivity index (χ0n) is 19.7. The van der Waals surface area contributed by atoms with Gasteiger partial charge in [0, 0.05) is 17.1 Å². The van der Waals surface area contributed by atoms with Crippen molar-refractivity contribution >= 4 is 50.8 Å². The Morgan fingerprint density at radius 1 is 1.19 bits per heavy atom. The number of rotatable bonds is 7. The van der Waals surface area contributed by atoms with Crippen LogP contribution in [-0.4, -0.2) is 39.2 Å². The van der Waals surface area contributed by atoms with E-state index >= 15 is 0 Å². The number of thiazole rings is 1. The van der Waals surface area contributed by atoms with Crippen LogP contribution in [-0.2, 0) is 6.18 Å². The van der Waals surface area contributed by atoms with Gasteiger partial charge in [-0.1, -0.05) is 44.2 Å². The van der Waals surface area contributed by atoms with Gasteiger partial charge in [-0.25, -0.2) is 4.98 Å². The number of hydrogen-bond acceptors (Lipinski definition) is 8. The maximum absolute atomic E-state index is 13.1. The molecule has 0 saturated carbocycles. The Bertz CT molecular complexity index is 1420. The summed E-state index contributed by atoms with van der Waals surface area (Å²) in [6.07, 6.45) is 0.407. The topological polar surface area (TPSA) is 90.6 Å². The third kappa shape index (κ3) is 5.68. The second-order valence-corrected chi connectivity index (χ2v) is 10.7. The van der Waals surface area contributed by atoms with Gasteiger partial charge in [0.1, 0.15) is 5.69 Å². The van der Waals surface area contributed by atoms with E-state index in [0.29, 0.717) is 34.3 Å². The first-order valence-electron chi connectivity index (χ1n) is 10.6. The van der Waals surface area contributed by atoms with Gasteiger partial charge in [0.2, 0.25) is 10.1 Å². The van der Waals surface area contributed by atoms with Crippen LogP contribution in [0.2, 0.25) is 0 Å². The van der Waals surface area contributed by atoms with Gasteiger partial charge in [0.05, 0.1) is 19.4 Å². The first-order chi connectivity index (χ1) is 17.0. The third-order valence-corrected chi connectivity index (χ3v) is 6.33. The molecule has 1 N–H and O–H groups in total. The molecule has 0 radical (unpaired) electrons. The van der Waals surface area contributed by atoms with Gasteiger partial charge in [0.15, 0.2) is 16.5 Å². The molecule has 0 aliphatic carbocycles. The molecular weight excluding hydrogens is 515 g/mol. The fraction of sp³-hybridized carbons (Fsp3) is 0.304. The first kappa shape index (κ1) is 25.6. The average Bonchev–Trinajstić information content (AvgIpc) is 3.51. The van der Waals surface area contributed by atoms with E-state index < -0.39 is 17.1 Å². The first-order valence-corrected chi connectivity index (χ1v) is 12.3. The molecule has 0 aliphatic rings. The highest BCUT2D eigenvalue weighted by atomic mass is 32.1. The van der Waals surface area contributed by atoms with Crippen LogP contribution in [0.4, 0.5) is 18.3 Å². The van der Waals surface area contributed by atoms with Crippen LogP contribution in [0.15, 0.2) is 29.8 Å². The second-order valence-electron chi connectivity index (χ2n) is 8.83. The molecule has 1 aromatic carbocycles. The number of fused-ring (bicyclic) bond motifs is 1. The number of alkyl halides is 3. The van der Waals surface area contributed by atoms with Gasteiger partial charge >= 0.3 is 6.18 Å². The predicted octanol–water partition coefficient (Wildman–Crippen LogP) is 6.12. The number of carbonyl (C=O) groups excluding carboxylic acids is 1. The van der Waals surface area contributed by atoms with Crippen LogP contribution >= 0.6 is 22.7 Å². The molecule has 0 spiro atoms. The van der Waals surface area contributed by atoms with Crippen molar-refractivity contribution in [1.82, 2.24) is 19.6 Å². The molecule has 4 aromatic rings. The lowest BCUT2D eigenvalue weighted by Crippen LogP contribution is -2.17. The summed E-state index contributed by atoms with van der Waals surface area (Å²) in [6.45, 7) is 6.60. The maximum Gasteiger partial charge on any atom is 0.445 e. The van der Waals surface area contributed by atoms with Gasteiger partial charge in [-0.3, -0.25) is 14.5 Å². The minimum atomic E-state index is -4.64. The van der Waals surface area contributed by atoms with E-state index in [2.05, 4.69) is 41.3 Å². The fourth-order valence-electron chi connectivity index (χ4n) is 3.13. The number of methoxy groups -OCH3 is 1. The van der Waals surface area contributed by atoms with Crippen molar-refractivity contribution in [3.05, 3.63) is 51.7 Å². The molecule has 0 fully saturated rings. The fourth-order valence-corrected chi connectivity index (χ4v) is 4.45. The van der Waals surface area contributed by atoms with Crippen molar-refractivity contribution in [2.45, 2.75) is 26.9 Å². The number of anilines is 1. The molecule has 4 rings (SSSR count). The van der Waals surface area contributed by atoms with E-state index in [4.69, 9.17) is 9.47 Å². The van der Waals surface area contributed by atoms with Crippen molar-refractivity contribution in [1.29, 1.82) is 0 Å². The number of carbonyl (C=O) groups is 1. The lowest BCUT2D eigenvalue weighted by molar-refractivity contribution is -0.138. The minimum Gasteiger partial charge on any atom is -0.493 e. The molecule has 36 heavy (non-hydrogen) atoms. The van der Waals surface area contributed by atoms with Crippen LogP contribution in [0, 0.1) is 5.41 Å². The highest BCUT2D eigenvalue weighted by Gasteiger charge is 2.36. The number of benzene rings is 1. The molecule has 1 amide bonds. The highest BCUT2D eigenvalue weighted by molar-refractivity contribution is 7.15. The number of halogens is 3. The Balaban J connectivity index is 1.66. The standard InChI is InChI=1S/C23H22F3N5O3S2/c1-22(2,3)12-34-17-13(6-5-7-15(17)33-4)8-9-14-16(31-10-11-35-21(31)27-14)18(32)28-20-30-29-19(36-20)23(24,25)26/h5-11H,12H2,1-4H3,(H,28,30,32). The molecule has 0 atom stereocenters.